The predicted octanol–water partition coefficient (Wildman–Crippen LogP) is 1.93. The topological polar surface area (TPSA) is 79.9 Å². The van der Waals surface area contributed by atoms with Crippen LogP contribution in [0.25, 0.3) is 10.8 Å². The Morgan fingerprint density at radius 3 is 3.04 bits per heavy atom. The number of ether oxygens (including phenoxy) is 1. The molecule has 6 nitrogen and oxygen atoms in total. The van der Waals surface area contributed by atoms with Crippen molar-refractivity contribution in [1.82, 2.24) is 20.5 Å². The zero-order valence-electron chi connectivity index (χ0n) is 13.4. The highest BCUT2D eigenvalue weighted by Crippen LogP contribution is 2.31. The van der Waals surface area contributed by atoms with Crippen molar-refractivity contribution in [3.05, 3.63) is 53.6 Å². The molecule has 1 unspecified atom stereocenters. The maximum atomic E-state index is 12.2. The van der Waals surface area contributed by atoms with Crippen molar-refractivity contribution >= 4 is 16.7 Å². The normalized spacial score (nSPS) is 16.5. The van der Waals surface area contributed by atoms with Crippen LogP contribution in [0.5, 0.6) is 5.75 Å². The summed E-state index contributed by atoms with van der Waals surface area (Å²) in [7, 11) is 0. The number of amides is 1. The third kappa shape index (κ3) is 2.82. The van der Waals surface area contributed by atoms with Gasteiger partial charge >= 0.3 is 0 Å². The second-order valence-electron chi connectivity index (χ2n) is 6.06. The number of carbonyl (C=O) groups excluding carboxylic acids is 1. The summed E-state index contributed by atoms with van der Waals surface area (Å²) in [5, 5.41) is 12.1. The molecule has 1 aromatic heterocycles. The number of carbonyl (C=O) groups is 1. The molecule has 0 saturated heterocycles. The average Bonchev–Trinajstić information content (AvgIpc) is 2.99. The minimum atomic E-state index is -0.0914. The first-order valence-electron chi connectivity index (χ1n) is 8.00. The Morgan fingerprint density at radius 2 is 2.21 bits per heavy atom. The lowest BCUT2D eigenvalue weighted by Gasteiger charge is -2.27. The van der Waals surface area contributed by atoms with E-state index in [-0.39, 0.29) is 18.4 Å². The first kappa shape index (κ1) is 14.7. The van der Waals surface area contributed by atoms with Crippen LogP contribution in [0.2, 0.25) is 0 Å². The summed E-state index contributed by atoms with van der Waals surface area (Å²) >= 11 is 0. The summed E-state index contributed by atoms with van der Waals surface area (Å²) < 4.78 is 5.85. The molecule has 1 aliphatic heterocycles. The molecule has 1 atom stereocenters. The highest BCUT2D eigenvalue weighted by atomic mass is 16.5. The minimum Gasteiger partial charge on any atom is -0.491 e. The number of hydrogen-bond donors (Lipinski definition) is 2. The van der Waals surface area contributed by atoms with Gasteiger partial charge in [-0.15, -0.1) is 0 Å². The maximum Gasteiger partial charge on any atom is 0.228 e. The van der Waals surface area contributed by atoms with Gasteiger partial charge in [-0.3, -0.25) is 9.89 Å². The van der Waals surface area contributed by atoms with Gasteiger partial charge in [0.25, 0.3) is 0 Å². The van der Waals surface area contributed by atoms with Crippen molar-refractivity contribution in [2.75, 3.05) is 6.61 Å². The second kappa shape index (κ2) is 5.96. The molecule has 2 heterocycles. The molecule has 0 saturated carbocycles. The van der Waals surface area contributed by atoms with Crippen molar-refractivity contribution < 1.29 is 9.53 Å². The van der Waals surface area contributed by atoms with Crippen LogP contribution in [0, 0.1) is 6.92 Å². The number of nitrogens with one attached hydrogen (secondary N) is 2. The summed E-state index contributed by atoms with van der Waals surface area (Å²) in [6.45, 7) is 2.29. The van der Waals surface area contributed by atoms with E-state index in [9.17, 15) is 4.79 Å². The third-order valence-electron chi connectivity index (χ3n) is 4.22. The Balaban J connectivity index is 1.49. The van der Waals surface area contributed by atoms with Crippen LogP contribution in [0.4, 0.5) is 0 Å². The van der Waals surface area contributed by atoms with Gasteiger partial charge in [-0.2, -0.15) is 5.10 Å². The molecule has 122 valence electrons. The van der Waals surface area contributed by atoms with Crippen LogP contribution in [-0.4, -0.2) is 33.7 Å². The van der Waals surface area contributed by atoms with E-state index in [1.165, 1.54) is 10.8 Å². The van der Waals surface area contributed by atoms with Crippen LogP contribution in [0.3, 0.4) is 0 Å². The van der Waals surface area contributed by atoms with Gasteiger partial charge in [0.05, 0.1) is 12.5 Å². The van der Waals surface area contributed by atoms with Crippen LogP contribution in [0.1, 0.15) is 17.2 Å². The zero-order chi connectivity index (χ0) is 16.5. The standard InChI is InChI=1S/C18H18N4O2/c1-11-19-17(22-21-11)9-18(23)20-13-8-15-14-5-3-2-4-12(14)6-7-16(15)24-10-13/h2-7,13H,8-10H2,1H3,(H,20,23)(H,19,21,22). The monoisotopic (exact) mass is 322 g/mol. The molecule has 1 aliphatic rings. The Bertz CT molecular complexity index is 903. The van der Waals surface area contributed by atoms with E-state index in [0.29, 0.717) is 18.3 Å². The summed E-state index contributed by atoms with van der Waals surface area (Å²) in [5.74, 6) is 2.03. The lowest BCUT2D eigenvalue weighted by molar-refractivity contribution is -0.121. The van der Waals surface area contributed by atoms with Gasteiger partial charge in [-0.1, -0.05) is 30.3 Å². The first-order chi connectivity index (χ1) is 11.7. The Kier molecular flexibility index (Phi) is 3.65. The number of hydrogen-bond acceptors (Lipinski definition) is 4. The molecule has 24 heavy (non-hydrogen) atoms. The third-order valence-corrected chi connectivity index (χ3v) is 4.22. The van der Waals surface area contributed by atoms with Crippen molar-refractivity contribution in [2.24, 2.45) is 0 Å². The van der Waals surface area contributed by atoms with E-state index in [2.05, 4.69) is 38.7 Å². The summed E-state index contributed by atoms with van der Waals surface area (Å²) in [6.07, 6.45) is 0.929. The van der Waals surface area contributed by atoms with Crippen molar-refractivity contribution in [3.63, 3.8) is 0 Å². The predicted molar refractivity (Wildman–Crippen MR) is 89.9 cm³/mol. The number of fused-ring (bicyclic) bond motifs is 3. The molecule has 0 aliphatic carbocycles. The fourth-order valence-corrected chi connectivity index (χ4v) is 3.14. The fourth-order valence-electron chi connectivity index (χ4n) is 3.14. The summed E-state index contributed by atoms with van der Waals surface area (Å²) in [6, 6.07) is 12.3. The number of H-pyrrole nitrogens is 1. The van der Waals surface area contributed by atoms with E-state index in [0.717, 1.165) is 17.7 Å². The van der Waals surface area contributed by atoms with Crippen LogP contribution < -0.4 is 10.1 Å². The molecule has 2 N–H and O–H groups in total. The molecular weight excluding hydrogens is 304 g/mol. The number of nitrogens with zero attached hydrogens (tertiary/aromatic N) is 2. The van der Waals surface area contributed by atoms with Gasteiger partial charge < -0.3 is 10.1 Å². The van der Waals surface area contributed by atoms with Crippen molar-refractivity contribution in [1.29, 1.82) is 0 Å². The molecular formula is C18H18N4O2. The van der Waals surface area contributed by atoms with Gasteiger partial charge in [-0.05, 0) is 23.8 Å². The quantitative estimate of drug-likeness (QED) is 0.772. The fraction of sp³-hybridized carbons (Fsp3) is 0.278. The van der Waals surface area contributed by atoms with Crippen LogP contribution >= 0.6 is 0 Å². The molecule has 4 rings (SSSR count). The van der Waals surface area contributed by atoms with Gasteiger partial charge in [0, 0.05) is 12.0 Å². The minimum absolute atomic E-state index is 0.0455. The maximum absolute atomic E-state index is 12.2. The smallest absolute Gasteiger partial charge is 0.228 e. The summed E-state index contributed by atoms with van der Waals surface area (Å²) in [4.78, 5) is 16.4. The number of benzene rings is 2. The SMILES string of the molecule is Cc1nc(CC(=O)NC2COc3ccc4ccccc4c3C2)n[nH]1. The van der Waals surface area contributed by atoms with Crippen molar-refractivity contribution in [2.45, 2.75) is 25.8 Å². The molecule has 1 amide bonds. The highest BCUT2D eigenvalue weighted by Gasteiger charge is 2.23. The number of aryl methyl sites for hydroxylation is 1. The number of rotatable bonds is 3. The Hall–Kier alpha value is -2.89. The number of aromatic nitrogens is 3. The molecule has 0 spiro atoms. The molecule has 2 aromatic carbocycles. The van der Waals surface area contributed by atoms with Crippen LogP contribution in [-0.2, 0) is 17.6 Å². The van der Waals surface area contributed by atoms with E-state index in [1.807, 2.05) is 25.1 Å². The number of aromatic amines is 1. The second-order valence-corrected chi connectivity index (χ2v) is 6.06. The highest BCUT2D eigenvalue weighted by molar-refractivity contribution is 5.88. The summed E-state index contributed by atoms with van der Waals surface area (Å²) in [5.41, 5.74) is 1.15. The van der Waals surface area contributed by atoms with Gasteiger partial charge in [0.1, 0.15) is 18.2 Å². The average molecular weight is 322 g/mol. The molecule has 0 bridgehead atoms. The zero-order valence-corrected chi connectivity index (χ0v) is 13.4. The molecule has 6 heteroatoms. The van der Waals surface area contributed by atoms with Crippen LogP contribution in [0.15, 0.2) is 36.4 Å². The lowest BCUT2D eigenvalue weighted by atomic mass is 9.96. The Morgan fingerprint density at radius 1 is 1.33 bits per heavy atom. The molecule has 3 aromatic rings. The van der Waals surface area contributed by atoms with Gasteiger partial charge in [0.15, 0.2) is 5.82 Å². The first-order valence-corrected chi connectivity index (χ1v) is 8.00. The lowest BCUT2D eigenvalue weighted by Crippen LogP contribution is -2.43. The van der Waals surface area contributed by atoms with E-state index in [4.69, 9.17) is 4.74 Å². The van der Waals surface area contributed by atoms with E-state index < -0.39 is 0 Å². The van der Waals surface area contributed by atoms with Gasteiger partial charge in [0.2, 0.25) is 5.91 Å². The molecule has 0 radical (unpaired) electrons. The largest absolute Gasteiger partial charge is 0.491 e. The van der Waals surface area contributed by atoms with E-state index in [1.54, 1.807) is 0 Å². The van der Waals surface area contributed by atoms with Gasteiger partial charge in [-0.25, -0.2) is 4.98 Å². The Labute approximate surface area is 139 Å². The molecule has 0 fully saturated rings. The van der Waals surface area contributed by atoms with E-state index >= 15 is 0 Å². The van der Waals surface area contributed by atoms with Crippen molar-refractivity contribution in [3.8, 4) is 5.75 Å².